The first-order chi connectivity index (χ1) is 15.2. The minimum atomic E-state index is 0.713. The molecule has 0 aliphatic heterocycles. The predicted molar refractivity (Wildman–Crippen MR) is 121 cm³/mol. The van der Waals surface area contributed by atoms with Gasteiger partial charge in [-0.1, -0.05) is 24.3 Å². The van der Waals surface area contributed by atoms with Crippen molar-refractivity contribution in [2.45, 2.75) is 19.4 Å². The molecule has 0 amide bonds. The SMILES string of the molecule is Cn1cc(-c2ccc(CNc3ccnc4c3nc(CCc3ccco3)n4C)cc2)cn1. The molecule has 0 fully saturated rings. The van der Waals surface area contributed by atoms with Crippen LogP contribution >= 0.6 is 0 Å². The van der Waals surface area contributed by atoms with Crippen molar-refractivity contribution in [2.24, 2.45) is 14.1 Å². The summed E-state index contributed by atoms with van der Waals surface area (Å²) in [5, 5.41) is 7.77. The van der Waals surface area contributed by atoms with Crippen LogP contribution in [0.2, 0.25) is 0 Å². The molecule has 0 saturated carbocycles. The molecule has 0 saturated heterocycles. The summed E-state index contributed by atoms with van der Waals surface area (Å²) in [5.74, 6) is 1.96. The second-order valence-corrected chi connectivity index (χ2v) is 7.65. The first kappa shape index (κ1) is 19.1. The zero-order valence-electron chi connectivity index (χ0n) is 17.6. The zero-order chi connectivity index (χ0) is 21.2. The van der Waals surface area contributed by atoms with Crippen LogP contribution in [0.5, 0.6) is 0 Å². The van der Waals surface area contributed by atoms with Crippen LogP contribution in [-0.4, -0.2) is 24.3 Å². The molecule has 0 spiro atoms. The highest BCUT2D eigenvalue weighted by molar-refractivity contribution is 5.85. The second-order valence-electron chi connectivity index (χ2n) is 7.65. The fraction of sp³-hybridized carbons (Fsp3) is 0.208. The van der Waals surface area contributed by atoms with Gasteiger partial charge in [-0.3, -0.25) is 4.68 Å². The van der Waals surface area contributed by atoms with Gasteiger partial charge in [0.25, 0.3) is 0 Å². The summed E-state index contributed by atoms with van der Waals surface area (Å²) in [6, 6.07) is 14.4. The molecule has 7 nitrogen and oxygen atoms in total. The van der Waals surface area contributed by atoms with Crippen LogP contribution in [0, 0.1) is 0 Å². The van der Waals surface area contributed by atoms with Crippen molar-refractivity contribution in [3.63, 3.8) is 0 Å². The Morgan fingerprint density at radius 1 is 1.00 bits per heavy atom. The average molecular weight is 412 g/mol. The lowest BCUT2D eigenvalue weighted by molar-refractivity contribution is 0.505. The number of hydrogen-bond donors (Lipinski definition) is 1. The summed E-state index contributed by atoms with van der Waals surface area (Å²) in [6.45, 7) is 0.713. The van der Waals surface area contributed by atoms with E-state index in [-0.39, 0.29) is 0 Å². The van der Waals surface area contributed by atoms with Gasteiger partial charge in [0.2, 0.25) is 0 Å². The number of aryl methyl sites for hydroxylation is 4. The molecule has 7 heteroatoms. The Hall–Kier alpha value is -3.87. The molecule has 0 aliphatic carbocycles. The van der Waals surface area contributed by atoms with E-state index in [4.69, 9.17) is 9.40 Å². The topological polar surface area (TPSA) is 73.7 Å². The predicted octanol–water partition coefficient (Wildman–Crippen LogP) is 4.36. The van der Waals surface area contributed by atoms with E-state index in [0.717, 1.165) is 52.4 Å². The van der Waals surface area contributed by atoms with E-state index in [2.05, 4.69) is 44.2 Å². The standard InChI is InChI=1S/C24H24N6O/c1-29-16-19(15-27-29)18-7-5-17(6-8-18)14-26-21-11-12-25-24-23(21)28-22(30(24)2)10-9-20-4-3-13-31-20/h3-8,11-13,15-16H,9-10,14H2,1-2H3,(H,25,26). The fourth-order valence-electron chi connectivity index (χ4n) is 3.76. The van der Waals surface area contributed by atoms with E-state index in [9.17, 15) is 0 Å². The molecule has 0 unspecified atom stereocenters. The number of rotatable bonds is 7. The Balaban J connectivity index is 1.31. The minimum absolute atomic E-state index is 0.713. The summed E-state index contributed by atoms with van der Waals surface area (Å²) < 4.78 is 9.32. The second kappa shape index (κ2) is 8.10. The lowest BCUT2D eigenvalue weighted by Crippen LogP contribution is -2.01. The highest BCUT2D eigenvalue weighted by Gasteiger charge is 2.13. The van der Waals surface area contributed by atoms with Crippen LogP contribution in [0.15, 0.2) is 71.7 Å². The van der Waals surface area contributed by atoms with Gasteiger partial charge in [0.15, 0.2) is 5.65 Å². The molecule has 1 N–H and O–H groups in total. The quantitative estimate of drug-likeness (QED) is 0.430. The number of imidazole rings is 1. The average Bonchev–Trinajstić information content (AvgIpc) is 3.53. The van der Waals surface area contributed by atoms with Gasteiger partial charge in [0.1, 0.15) is 17.1 Å². The van der Waals surface area contributed by atoms with Crippen LogP contribution in [0.4, 0.5) is 5.69 Å². The maximum absolute atomic E-state index is 5.45. The number of hydrogen-bond acceptors (Lipinski definition) is 5. The van der Waals surface area contributed by atoms with Crippen molar-refractivity contribution in [3.05, 3.63) is 84.5 Å². The molecule has 156 valence electrons. The molecule has 1 aromatic carbocycles. The molecule has 0 bridgehead atoms. The Morgan fingerprint density at radius 3 is 2.61 bits per heavy atom. The maximum atomic E-state index is 5.45. The first-order valence-electron chi connectivity index (χ1n) is 10.3. The highest BCUT2D eigenvalue weighted by Crippen LogP contribution is 2.24. The van der Waals surface area contributed by atoms with Crippen LogP contribution in [0.3, 0.4) is 0 Å². The zero-order valence-corrected chi connectivity index (χ0v) is 17.6. The molecule has 31 heavy (non-hydrogen) atoms. The highest BCUT2D eigenvalue weighted by atomic mass is 16.3. The Bertz CT molecular complexity index is 1300. The van der Waals surface area contributed by atoms with Crippen molar-refractivity contribution in [3.8, 4) is 11.1 Å². The molecule has 0 aliphatic rings. The van der Waals surface area contributed by atoms with Gasteiger partial charge in [-0.2, -0.15) is 5.10 Å². The Kier molecular flexibility index (Phi) is 5.00. The normalized spacial score (nSPS) is 11.3. The van der Waals surface area contributed by atoms with Crippen LogP contribution in [0.1, 0.15) is 17.1 Å². The van der Waals surface area contributed by atoms with Crippen LogP contribution in [-0.2, 0) is 33.5 Å². The van der Waals surface area contributed by atoms with Gasteiger partial charge in [0.05, 0.1) is 18.1 Å². The number of nitrogens with one attached hydrogen (secondary N) is 1. The summed E-state index contributed by atoms with van der Waals surface area (Å²) in [4.78, 5) is 9.41. The van der Waals surface area contributed by atoms with E-state index < -0.39 is 0 Å². The largest absolute Gasteiger partial charge is 0.469 e. The van der Waals surface area contributed by atoms with E-state index in [1.807, 2.05) is 55.6 Å². The number of pyridine rings is 1. The van der Waals surface area contributed by atoms with Crippen molar-refractivity contribution in [2.75, 3.05) is 5.32 Å². The van der Waals surface area contributed by atoms with E-state index >= 15 is 0 Å². The smallest absolute Gasteiger partial charge is 0.161 e. The summed E-state index contributed by atoms with van der Waals surface area (Å²) >= 11 is 0. The van der Waals surface area contributed by atoms with Gasteiger partial charge >= 0.3 is 0 Å². The van der Waals surface area contributed by atoms with Crippen molar-refractivity contribution in [1.82, 2.24) is 24.3 Å². The summed E-state index contributed by atoms with van der Waals surface area (Å²) in [7, 11) is 3.94. The monoisotopic (exact) mass is 412 g/mol. The number of aromatic nitrogens is 5. The molecule has 5 rings (SSSR count). The number of furan rings is 1. The molecule has 0 atom stereocenters. The van der Waals surface area contributed by atoms with Crippen molar-refractivity contribution < 1.29 is 4.42 Å². The molecular weight excluding hydrogens is 388 g/mol. The number of benzene rings is 1. The minimum Gasteiger partial charge on any atom is -0.469 e. The maximum Gasteiger partial charge on any atom is 0.161 e. The Labute approximate surface area is 180 Å². The van der Waals surface area contributed by atoms with Crippen LogP contribution in [0.25, 0.3) is 22.3 Å². The van der Waals surface area contributed by atoms with Crippen molar-refractivity contribution >= 4 is 16.9 Å². The third-order valence-corrected chi connectivity index (χ3v) is 5.50. The van der Waals surface area contributed by atoms with Gasteiger partial charge < -0.3 is 14.3 Å². The Morgan fingerprint density at radius 2 is 1.87 bits per heavy atom. The molecule has 0 radical (unpaired) electrons. The molecule has 5 aromatic rings. The number of nitrogens with zero attached hydrogens (tertiary/aromatic N) is 5. The van der Waals surface area contributed by atoms with Crippen molar-refractivity contribution in [1.29, 1.82) is 0 Å². The number of anilines is 1. The van der Waals surface area contributed by atoms with Gasteiger partial charge in [-0.15, -0.1) is 0 Å². The molecular formula is C24H24N6O. The summed E-state index contributed by atoms with van der Waals surface area (Å²) in [6.07, 6.45) is 9.05. The van der Waals surface area contributed by atoms with Crippen LogP contribution < -0.4 is 5.32 Å². The lowest BCUT2D eigenvalue weighted by atomic mass is 10.1. The molecule has 4 heterocycles. The van der Waals surface area contributed by atoms with E-state index in [1.165, 1.54) is 5.56 Å². The van der Waals surface area contributed by atoms with E-state index in [0.29, 0.717) is 6.54 Å². The van der Waals surface area contributed by atoms with E-state index in [1.54, 1.807) is 6.26 Å². The number of fused-ring (bicyclic) bond motifs is 1. The first-order valence-corrected chi connectivity index (χ1v) is 10.3. The lowest BCUT2D eigenvalue weighted by Gasteiger charge is -2.08. The third-order valence-electron chi connectivity index (χ3n) is 5.50. The van der Waals surface area contributed by atoms with Gasteiger partial charge in [-0.25, -0.2) is 9.97 Å². The molecule has 4 aromatic heterocycles. The summed E-state index contributed by atoms with van der Waals surface area (Å²) in [5.41, 5.74) is 6.24. The third kappa shape index (κ3) is 3.94. The fourth-order valence-corrected chi connectivity index (χ4v) is 3.76. The van der Waals surface area contributed by atoms with Gasteiger partial charge in [-0.05, 0) is 29.3 Å². The van der Waals surface area contributed by atoms with Gasteiger partial charge in [0, 0.05) is 51.4 Å².